The van der Waals surface area contributed by atoms with Gasteiger partial charge in [0.1, 0.15) is 0 Å². The highest BCUT2D eigenvalue weighted by Gasteiger charge is 2.20. The Morgan fingerprint density at radius 2 is 1.88 bits per heavy atom. The average molecular weight is 217 g/mol. The average Bonchev–Trinajstić information content (AvgIpc) is 2.82. The topological polar surface area (TPSA) is 49.3 Å². The van der Waals surface area contributed by atoms with Crippen molar-refractivity contribution in [2.24, 2.45) is 0 Å². The molecule has 0 spiro atoms. The number of carbonyl (C=O) groups excluding carboxylic acids is 1. The van der Waals surface area contributed by atoms with Gasteiger partial charge in [0, 0.05) is 6.04 Å². The van der Waals surface area contributed by atoms with Crippen LogP contribution in [0.25, 0.3) is 0 Å². The number of benzene rings is 1. The summed E-state index contributed by atoms with van der Waals surface area (Å²) in [6.07, 6.45) is 4.72. The standard InChI is InChI=1S/C13H15NO2/c15-12(10-6-2-1-3-7-10)13(16)14-11-8-4-5-9-11/h1-7,11-12,15H,8-9H2,(H,14,16). The van der Waals surface area contributed by atoms with E-state index in [0.717, 1.165) is 12.8 Å². The van der Waals surface area contributed by atoms with Gasteiger partial charge in [-0.2, -0.15) is 0 Å². The molecule has 0 bridgehead atoms. The van der Waals surface area contributed by atoms with Crippen LogP contribution in [-0.2, 0) is 4.79 Å². The van der Waals surface area contributed by atoms with Crippen molar-refractivity contribution >= 4 is 5.91 Å². The highest BCUT2D eigenvalue weighted by atomic mass is 16.3. The zero-order chi connectivity index (χ0) is 11.4. The van der Waals surface area contributed by atoms with Gasteiger partial charge in [0.2, 0.25) is 0 Å². The van der Waals surface area contributed by atoms with E-state index in [2.05, 4.69) is 5.32 Å². The van der Waals surface area contributed by atoms with E-state index in [9.17, 15) is 9.90 Å². The molecule has 2 N–H and O–H groups in total. The number of aliphatic hydroxyl groups is 1. The molecule has 0 saturated heterocycles. The number of rotatable bonds is 3. The Labute approximate surface area is 94.8 Å². The minimum Gasteiger partial charge on any atom is -0.378 e. The molecule has 2 rings (SSSR count). The van der Waals surface area contributed by atoms with Gasteiger partial charge in [0.05, 0.1) is 0 Å². The molecule has 1 aromatic rings. The van der Waals surface area contributed by atoms with Crippen LogP contribution in [0.1, 0.15) is 24.5 Å². The van der Waals surface area contributed by atoms with Crippen molar-refractivity contribution in [2.45, 2.75) is 25.0 Å². The molecule has 1 atom stereocenters. The zero-order valence-electron chi connectivity index (χ0n) is 8.97. The van der Waals surface area contributed by atoms with E-state index in [1.54, 1.807) is 12.1 Å². The molecule has 16 heavy (non-hydrogen) atoms. The third kappa shape index (κ3) is 2.49. The van der Waals surface area contributed by atoms with Gasteiger partial charge in [-0.25, -0.2) is 0 Å². The van der Waals surface area contributed by atoms with Crippen LogP contribution in [0.15, 0.2) is 42.5 Å². The fourth-order valence-corrected chi connectivity index (χ4v) is 1.80. The smallest absolute Gasteiger partial charge is 0.253 e. The van der Waals surface area contributed by atoms with Crippen LogP contribution in [0.4, 0.5) is 0 Å². The third-order valence-electron chi connectivity index (χ3n) is 2.72. The van der Waals surface area contributed by atoms with Crippen LogP contribution in [0.5, 0.6) is 0 Å². The van der Waals surface area contributed by atoms with Crippen molar-refractivity contribution < 1.29 is 9.90 Å². The van der Waals surface area contributed by atoms with Crippen LogP contribution < -0.4 is 5.32 Å². The van der Waals surface area contributed by atoms with E-state index in [1.165, 1.54) is 0 Å². The fraction of sp³-hybridized carbons (Fsp3) is 0.308. The lowest BCUT2D eigenvalue weighted by atomic mass is 10.1. The van der Waals surface area contributed by atoms with E-state index in [0.29, 0.717) is 5.56 Å². The maximum atomic E-state index is 11.7. The first-order valence-electron chi connectivity index (χ1n) is 5.46. The monoisotopic (exact) mass is 217 g/mol. The molecule has 3 heteroatoms. The molecule has 1 aliphatic rings. The Kier molecular flexibility index (Phi) is 3.37. The molecule has 0 fully saturated rings. The first-order chi connectivity index (χ1) is 7.77. The number of carbonyl (C=O) groups is 1. The van der Waals surface area contributed by atoms with Gasteiger partial charge in [-0.1, -0.05) is 42.5 Å². The molecule has 1 amide bonds. The predicted octanol–water partition coefficient (Wildman–Crippen LogP) is 1.55. The van der Waals surface area contributed by atoms with Gasteiger partial charge >= 0.3 is 0 Å². The van der Waals surface area contributed by atoms with Crippen molar-refractivity contribution in [3.05, 3.63) is 48.0 Å². The molecule has 0 radical (unpaired) electrons. The van der Waals surface area contributed by atoms with Crippen molar-refractivity contribution in [2.75, 3.05) is 0 Å². The van der Waals surface area contributed by atoms with Gasteiger partial charge < -0.3 is 10.4 Å². The minimum absolute atomic E-state index is 0.144. The van der Waals surface area contributed by atoms with Crippen LogP contribution in [0.3, 0.4) is 0 Å². The summed E-state index contributed by atoms with van der Waals surface area (Å²) in [5.41, 5.74) is 0.631. The molecular formula is C13H15NO2. The van der Waals surface area contributed by atoms with Crippen LogP contribution in [0.2, 0.25) is 0 Å². The Morgan fingerprint density at radius 1 is 1.25 bits per heavy atom. The molecule has 0 saturated carbocycles. The lowest BCUT2D eigenvalue weighted by Gasteiger charge is -2.16. The number of aliphatic hydroxyl groups excluding tert-OH is 1. The van der Waals surface area contributed by atoms with E-state index in [4.69, 9.17) is 0 Å². The second-order valence-electron chi connectivity index (χ2n) is 3.96. The lowest BCUT2D eigenvalue weighted by Crippen LogP contribution is -2.36. The summed E-state index contributed by atoms with van der Waals surface area (Å²) in [4.78, 5) is 11.7. The highest BCUT2D eigenvalue weighted by Crippen LogP contribution is 2.14. The van der Waals surface area contributed by atoms with Crippen LogP contribution in [0, 0.1) is 0 Å². The number of amides is 1. The SMILES string of the molecule is O=C(NC1CC=CC1)C(O)c1ccccc1. The maximum Gasteiger partial charge on any atom is 0.253 e. The summed E-state index contributed by atoms with van der Waals surface area (Å²) in [5, 5.41) is 12.6. The summed E-state index contributed by atoms with van der Waals surface area (Å²) in [5.74, 6) is -0.320. The van der Waals surface area contributed by atoms with E-state index in [1.807, 2.05) is 30.4 Å². The Balaban J connectivity index is 1.94. The Hall–Kier alpha value is -1.61. The molecule has 0 aromatic heterocycles. The van der Waals surface area contributed by atoms with Gasteiger partial charge in [-0.15, -0.1) is 0 Å². The van der Waals surface area contributed by atoms with Gasteiger partial charge in [0.25, 0.3) is 5.91 Å². The fourth-order valence-electron chi connectivity index (χ4n) is 1.80. The summed E-state index contributed by atoms with van der Waals surface area (Å²) >= 11 is 0. The third-order valence-corrected chi connectivity index (χ3v) is 2.72. The molecular weight excluding hydrogens is 202 g/mol. The maximum absolute atomic E-state index is 11.7. The van der Waals surface area contributed by atoms with Crippen LogP contribution in [-0.4, -0.2) is 17.1 Å². The van der Waals surface area contributed by atoms with Crippen molar-refractivity contribution in [1.29, 1.82) is 0 Å². The van der Waals surface area contributed by atoms with Gasteiger partial charge in [-0.3, -0.25) is 4.79 Å². The van der Waals surface area contributed by atoms with Crippen LogP contribution >= 0.6 is 0 Å². The minimum atomic E-state index is -1.07. The summed E-state index contributed by atoms with van der Waals surface area (Å²) in [7, 11) is 0. The molecule has 1 unspecified atom stereocenters. The van der Waals surface area contributed by atoms with E-state index in [-0.39, 0.29) is 11.9 Å². The van der Waals surface area contributed by atoms with Gasteiger partial charge in [-0.05, 0) is 18.4 Å². The second-order valence-corrected chi connectivity index (χ2v) is 3.96. The van der Waals surface area contributed by atoms with E-state index < -0.39 is 6.10 Å². The normalized spacial score (nSPS) is 17.3. The molecule has 1 aromatic carbocycles. The van der Waals surface area contributed by atoms with Crippen molar-refractivity contribution in [3.8, 4) is 0 Å². The van der Waals surface area contributed by atoms with Crippen molar-refractivity contribution in [1.82, 2.24) is 5.32 Å². The number of hydrogen-bond donors (Lipinski definition) is 2. The number of nitrogens with one attached hydrogen (secondary N) is 1. The highest BCUT2D eigenvalue weighted by molar-refractivity contribution is 5.82. The molecule has 3 nitrogen and oxygen atoms in total. The van der Waals surface area contributed by atoms with Gasteiger partial charge in [0.15, 0.2) is 6.10 Å². The second kappa shape index (κ2) is 4.94. The number of hydrogen-bond acceptors (Lipinski definition) is 2. The lowest BCUT2D eigenvalue weighted by molar-refractivity contribution is -0.130. The quantitative estimate of drug-likeness (QED) is 0.755. The zero-order valence-corrected chi connectivity index (χ0v) is 8.97. The molecule has 1 aliphatic carbocycles. The van der Waals surface area contributed by atoms with E-state index >= 15 is 0 Å². The Morgan fingerprint density at radius 3 is 2.50 bits per heavy atom. The predicted molar refractivity (Wildman–Crippen MR) is 61.7 cm³/mol. The molecule has 0 aliphatic heterocycles. The summed E-state index contributed by atoms with van der Waals surface area (Å²) in [6, 6.07) is 9.11. The first kappa shape index (κ1) is 10.9. The molecule has 84 valence electrons. The summed E-state index contributed by atoms with van der Waals surface area (Å²) < 4.78 is 0. The van der Waals surface area contributed by atoms with Crippen molar-refractivity contribution in [3.63, 3.8) is 0 Å². The molecule has 0 heterocycles. The first-order valence-corrected chi connectivity index (χ1v) is 5.46. The largest absolute Gasteiger partial charge is 0.378 e. The Bertz CT molecular complexity index is 378. The summed E-state index contributed by atoms with van der Waals surface area (Å²) in [6.45, 7) is 0.